The van der Waals surface area contributed by atoms with E-state index in [4.69, 9.17) is 10.5 Å². The lowest BCUT2D eigenvalue weighted by Gasteiger charge is -2.09. The SMILES string of the molecule is CCOC(=O)c1c(NC(=O)CSc2nnnn2-c2cc(C)ccc2C)sc(C(N)=O)c1C. The standard InChI is InChI=1S/C20H22N6O4S2/c1-5-30-19(29)15-12(4)16(17(21)28)32-18(15)22-14(27)9-31-20-23-24-25-26(20)13-8-10(2)6-7-11(13)3/h6-8H,5,9H2,1-4H3,(H2,21,28)(H,22,27). The molecule has 0 aliphatic carbocycles. The molecule has 2 aromatic heterocycles. The van der Waals surface area contributed by atoms with Gasteiger partial charge < -0.3 is 15.8 Å². The number of tetrazole rings is 1. The Labute approximate surface area is 192 Å². The van der Waals surface area contributed by atoms with Gasteiger partial charge >= 0.3 is 5.97 Å². The highest BCUT2D eigenvalue weighted by atomic mass is 32.2. The fourth-order valence-corrected chi connectivity index (χ4v) is 4.69. The lowest BCUT2D eigenvalue weighted by Crippen LogP contribution is -2.17. The Morgan fingerprint density at radius 1 is 1.25 bits per heavy atom. The summed E-state index contributed by atoms with van der Waals surface area (Å²) >= 11 is 2.09. The van der Waals surface area contributed by atoms with Crippen LogP contribution in [0.3, 0.4) is 0 Å². The molecule has 3 aromatic rings. The summed E-state index contributed by atoms with van der Waals surface area (Å²) in [6.07, 6.45) is 0. The number of thiophene rings is 1. The molecular weight excluding hydrogens is 452 g/mol. The molecule has 10 nitrogen and oxygen atoms in total. The maximum absolute atomic E-state index is 12.6. The number of primary amides is 1. The molecule has 0 aliphatic rings. The zero-order valence-electron chi connectivity index (χ0n) is 18.0. The van der Waals surface area contributed by atoms with Crippen LogP contribution in [0, 0.1) is 20.8 Å². The molecule has 2 amide bonds. The van der Waals surface area contributed by atoms with Gasteiger partial charge in [-0.15, -0.1) is 16.4 Å². The summed E-state index contributed by atoms with van der Waals surface area (Å²) in [7, 11) is 0. The molecule has 0 aliphatic heterocycles. The van der Waals surface area contributed by atoms with Crippen molar-refractivity contribution in [3.05, 3.63) is 45.3 Å². The number of benzene rings is 1. The second-order valence-electron chi connectivity index (χ2n) is 6.85. The van der Waals surface area contributed by atoms with Gasteiger partial charge in [0.1, 0.15) is 5.00 Å². The van der Waals surface area contributed by atoms with Gasteiger partial charge in [-0.25, -0.2) is 4.79 Å². The van der Waals surface area contributed by atoms with Crippen LogP contribution in [0.25, 0.3) is 5.69 Å². The van der Waals surface area contributed by atoms with Crippen LogP contribution < -0.4 is 11.1 Å². The van der Waals surface area contributed by atoms with Crippen LogP contribution in [-0.2, 0) is 9.53 Å². The van der Waals surface area contributed by atoms with E-state index in [0.717, 1.165) is 39.9 Å². The first-order valence-corrected chi connectivity index (χ1v) is 11.4. The average molecular weight is 475 g/mol. The first-order valence-electron chi connectivity index (χ1n) is 9.61. The highest BCUT2D eigenvalue weighted by molar-refractivity contribution is 7.99. The number of anilines is 1. The van der Waals surface area contributed by atoms with Crippen LogP contribution in [0.5, 0.6) is 0 Å². The van der Waals surface area contributed by atoms with Crippen molar-refractivity contribution < 1.29 is 19.1 Å². The van der Waals surface area contributed by atoms with Crippen LogP contribution in [-0.4, -0.2) is 50.4 Å². The van der Waals surface area contributed by atoms with Crippen molar-refractivity contribution >= 4 is 45.9 Å². The first kappa shape index (κ1) is 23.4. The lowest BCUT2D eigenvalue weighted by molar-refractivity contribution is -0.113. The number of hydrogen-bond donors (Lipinski definition) is 2. The summed E-state index contributed by atoms with van der Waals surface area (Å²) in [4.78, 5) is 36.9. The van der Waals surface area contributed by atoms with Gasteiger partial charge in [-0.3, -0.25) is 9.59 Å². The number of thioether (sulfide) groups is 1. The summed E-state index contributed by atoms with van der Waals surface area (Å²) in [6.45, 7) is 7.33. The number of carbonyl (C=O) groups is 3. The minimum Gasteiger partial charge on any atom is -0.462 e. The van der Waals surface area contributed by atoms with E-state index in [1.54, 1.807) is 18.5 Å². The number of nitrogens with zero attached hydrogens (tertiary/aromatic N) is 4. The second-order valence-corrected chi connectivity index (χ2v) is 8.81. The van der Waals surface area contributed by atoms with Gasteiger partial charge in [-0.2, -0.15) is 4.68 Å². The first-order chi connectivity index (χ1) is 15.2. The third kappa shape index (κ3) is 4.97. The number of amides is 2. The monoisotopic (exact) mass is 474 g/mol. The number of nitrogens with one attached hydrogen (secondary N) is 1. The average Bonchev–Trinajstić information content (AvgIpc) is 3.32. The second kappa shape index (κ2) is 9.92. The van der Waals surface area contributed by atoms with Crippen molar-refractivity contribution in [1.29, 1.82) is 0 Å². The Bertz CT molecular complexity index is 1190. The van der Waals surface area contributed by atoms with E-state index < -0.39 is 17.8 Å². The van der Waals surface area contributed by atoms with E-state index in [-0.39, 0.29) is 27.8 Å². The topological polar surface area (TPSA) is 142 Å². The zero-order chi connectivity index (χ0) is 23.4. The molecule has 0 atom stereocenters. The summed E-state index contributed by atoms with van der Waals surface area (Å²) in [5.41, 5.74) is 8.77. The van der Waals surface area contributed by atoms with E-state index >= 15 is 0 Å². The van der Waals surface area contributed by atoms with E-state index in [1.807, 2.05) is 32.0 Å². The van der Waals surface area contributed by atoms with Gasteiger partial charge in [0.2, 0.25) is 11.1 Å². The largest absolute Gasteiger partial charge is 0.462 e. The molecule has 0 saturated heterocycles. The number of hydrogen-bond acceptors (Lipinski definition) is 9. The molecule has 0 fully saturated rings. The molecule has 3 N–H and O–H groups in total. The molecule has 32 heavy (non-hydrogen) atoms. The third-order valence-electron chi connectivity index (χ3n) is 4.47. The predicted octanol–water partition coefficient (Wildman–Crippen LogP) is 2.66. The molecule has 168 valence electrons. The number of aryl methyl sites for hydroxylation is 2. The Morgan fingerprint density at radius 2 is 2.00 bits per heavy atom. The molecule has 0 radical (unpaired) electrons. The Balaban J connectivity index is 1.78. The van der Waals surface area contributed by atoms with Crippen molar-refractivity contribution in [2.24, 2.45) is 5.73 Å². The smallest absolute Gasteiger partial charge is 0.341 e. The quantitative estimate of drug-likeness (QED) is 0.375. The van der Waals surface area contributed by atoms with Crippen molar-refractivity contribution in [2.75, 3.05) is 17.7 Å². The minimum absolute atomic E-state index is 0.0175. The van der Waals surface area contributed by atoms with Crippen LogP contribution in [0.15, 0.2) is 23.4 Å². The number of nitrogens with two attached hydrogens (primary N) is 1. The molecule has 1 aromatic carbocycles. The lowest BCUT2D eigenvalue weighted by atomic mass is 10.1. The molecular formula is C20H22N6O4S2. The van der Waals surface area contributed by atoms with E-state index in [0.29, 0.717) is 10.7 Å². The number of rotatable bonds is 8. The third-order valence-corrected chi connectivity index (χ3v) is 6.61. The van der Waals surface area contributed by atoms with Crippen molar-refractivity contribution in [3.63, 3.8) is 0 Å². The molecule has 3 rings (SSSR count). The van der Waals surface area contributed by atoms with Crippen molar-refractivity contribution in [3.8, 4) is 5.69 Å². The van der Waals surface area contributed by atoms with Gasteiger partial charge in [-0.1, -0.05) is 23.9 Å². The highest BCUT2D eigenvalue weighted by Crippen LogP contribution is 2.34. The zero-order valence-corrected chi connectivity index (χ0v) is 19.6. The van der Waals surface area contributed by atoms with Crippen LogP contribution in [0.2, 0.25) is 0 Å². The van der Waals surface area contributed by atoms with Gasteiger partial charge in [-0.05, 0) is 60.9 Å². The molecule has 0 unspecified atom stereocenters. The van der Waals surface area contributed by atoms with Gasteiger partial charge in [0.05, 0.1) is 28.5 Å². The fourth-order valence-electron chi connectivity index (χ4n) is 2.95. The molecule has 0 saturated carbocycles. The summed E-state index contributed by atoms with van der Waals surface area (Å²) < 4.78 is 6.63. The molecule has 0 spiro atoms. The maximum Gasteiger partial charge on any atom is 0.341 e. The van der Waals surface area contributed by atoms with E-state index in [2.05, 4.69) is 20.8 Å². The van der Waals surface area contributed by atoms with Crippen molar-refractivity contribution in [2.45, 2.75) is 32.9 Å². The maximum atomic E-state index is 12.6. The van der Waals surface area contributed by atoms with Crippen LogP contribution in [0.1, 0.15) is 43.6 Å². The van der Waals surface area contributed by atoms with E-state index in [1.165, 1.54) is 0 Å². The van der Waals surface area contributed by atoms with Crippen molar-refractivity contribution in [1.82, 2.24) is 20.2 Å². The Morgan fingerprint density at radius 3 is 2.69 bits per heavy atom. The van der Waals surface area contributed by atoms with Gasteiger partial charge in [0, 0.05) is 0 Å². The number of esters is 1. The van der Waals surface area contributed by atoms with E-state index in [9.17, 15) is 14.4 Å². The van der Waals surface area contributed by atoms with Gasteiger partial charge in [0.25, 0.3) is 5.91 Å². The number of carbonyl (C=O) groups excluding carboxylic acids is 3. The normalized spacial score (nSPS) is 10.8. The molecule has 12 heteroatoms. The van der Waals surface area contributed by atoms with Crippen LogP contribution in [0.4, 0.5) is 5.00 Å². The predicted molar refractivity (Wildman–Crippen MR) is 122 cm³/mol. The Hall–Kier alpha value is -3.25. The summed E-state index contributed by atoms with van der Waals surface area (Å²) in [5.74, 6) is -1.72. The number of aromatic nitrogens is 4. The van der Waals surface area contributed by atoms with Crippen LogP contribution >= 0.6 is 23.1 Å². The highest BCUT2D eigenvalue weighted by Gasteiger charge is 2.26. The summed E-state index contributed by atoms with van der Waals surface area (Å²) in [6, 6.07) is 5.93. The van der Waals surface area contributed by atoms with Gasteiger partial charge in [0.15, 0.2) is 0 Å². The number of ether oxygens (including phenoxy) is 1. The fraction of sp³-hybridized carbons (Fsp3) is 0.300. The summed E-state index contributed by atoms with van der Waals surface area (Å²) in [5, 5.41) is 15.1. The molecule has 0 bridgehead atoms. The minimum atomic E-state index is -0.680. The molecule has 2 heterocycles. The Kier molecular flexibility index (Phi) is 7.26.